The van der Waals surface area contributed by atoms with Crippen LogP contribution in [0.25, 0.3) is 22.2 Å². The van der Waals surface area contributed by atoms with Gasteiger partial charge in [-0.25, -0.2) is 0 Å². The van der Waals surface area contributed by atoms with Crippen molar-refractivity contribution in [3.05, 3.63) is 77.7 Å². The Labute approximate surface area is 143 Å². The van der Waals surface area contributed by atoms with Crippen molar-refractivity contribution in [1.82, 2.24) is 10.2 Å². The topological polar surface area (TPSA) is 48.2 Å². The maximum atomic E-state index is 5.78. The largest absolute Gasteiger partial charge is 0.489 e. The van der Waals surface area contributed by atoms with E-state index in [1.807, 2.05) is 72.1 Å². The number of nitrogens with zero attached hydrogens (tertiary/aromatic N) is 2. The molecule has 0 aliphatic heterocycles. The van der Waals surface area contributed by atoms with E-state index in [1.165, 1.54) is 0 Å². The molecule has 118 valence electrons. The van der Waals surface area contributed by atoms with Gasteiger partial charge < -0.3 is 9.15 Å². The summed E-state index contributed by atoms with van der Waals surface area (Å²) in [6.07, 6.45) is 0. The standard InChI is InChI=1S/C19H14N2O2S/c1-2-5-14(6-3-1)13-22-16-10-8-15(9-11-16)18-20-21-19(23-18)17-7-4-12-24-17/h1-12H,13H2. The number of benzene rings is 2. The van der Waals surface area contributed by atoms with Gasteiger partial charge >= 0.3 is 0 Å². The van der Waals surface area contributed by atoms with Crippen LogP contribution in [0.1, 0.15) is 5.56 Å². The summed E-state index contributed by atoms with van der Waals surface area (Å²) in [6, 6.07) is 21.7. The molecule has 0 saturated carbocycles. The molecule has 2 heterocycles. The van der Waals surface area contributed by atoms with Crippen LogP contribution in [0.4, 0.5) is 0 Å². The lowest BCUT2D eigenvalue weighted by molar-refractivity contribution is 0.306. The Kier molecular flexibility index (Phi) is 4.08. The van der Waals surface area contributed by atoms with E-state index < -0.39 is 0 Å². The first-order chi connectivity index (χ1) is 11.9. The maximum Gasteiger partial charge on any atom is 0.258 e. The number of aromatic nitrogens is 2. The molecule has 0 aliphatic rings. The number of hydrogen-bond donors (Lipinski definition) is 0. The molecule has 4 aromatic rings. The van der Waals surface area contributed by atoms with Gasteiger partial charge in [0.25, 0.3) is 5.89 Å². The third-order valence-corrected chi connectivity index (χ3v) is 4.36. The smallest absolute Gasteiger partial charge is 0.258 e. The van der Waals surface area contributed by atoms with Crippen molar-refractivity contribution in [1.29, 1.82) is 0 Å². The SMILES string of the molecule is c1ccc(COc2ccc(-c3nnc(-c4cccs4)o3)cc2)cc1. The van der Waals surface area contributed by atoms with Crippen molar-refractivity contribution in [2.45, 2.75) is 6.61 Å². The molecule has 0 fully saturated rings. The Morgan fingerprint density at radius 2 is 1.62 bits per heavy atom. The average molecular weight is 334 g/mol. The number of rotatable bonds is 5. The van der Waals surface area contributed by atoms with Gasteiger partial charge in [-0.1, -0.05) is 36.4 Å². The zero-order valence-electron chi connectivity index (χ0n) is 12.8. The molecule has 0 spiro atoms. The van der Waals surface area contributed by atoms with Gasteiger partial charge in [0.15, 0.2) is 0 Å². The van der Waals surface area contributed by atoms with E-state index in [0.717, 1.165) is 21.8 Å². The molecule has 0 radical (unpaired) electrons. The second-order valence-corrected chi connectivity index (χ2v) is 6.14. The second-order valence-electron chi connectivity index (χ2n) is 5.19. The fourth-order valence-corrected chi connectivity index (χ4v) is 2.92. The lowest BCUT2D eigenvalue weighted by Gasteiger charge is -2.06. The van der Waals surface area contributed by atoms with Crippen LogP contribution in [-0.4, -0.2) is 10.2 Å². The molecule has 4 rings (SSSR count). The molecule has 0 aliphatic carbocycles. The van der Waals surface area contributed by atoms with Gasteiger partial charge in [0, 0.05) is 5.56 Å². The van der Waals surface area contributed by atoms with Crippen molar-refractivity contribution in [2.75, 3.05) is 0 Å². The molecule has 0 atom stereocenters. The van der Waals surface area contributed by atoms with Crippen LogP contribution in [-0.2, 0) is 6.61 Å². The number of ether oxygens (including phenoxy) is 1. The molecule has 0 amide bonds. The third kappa shape index (κ3) is 3.21. The minimum absolute atomic E-state index is 0.507. The normalized spacial score (nSPS) is 10.7. The predicted octanol–water partition coefficient (Wildman–Crippen LogP) is 5.04. The number of hydrogen-bond acceptors (Lipinski definition) is 5. The van der Waals surface area contributed by atoms with E-state index in [4.69, 9.17) is 9.15 Å². The van der Waals surface area contributed by atoms with E-state index >= 15 is 0 Å². The summed E-state index contributed by atoms with van der Waals surface area (Å²) in [5, 5.41) is 10.2. The monoisotopic (exact) mass is 334 g/mol. The van der Waals surface area contributed by atoms with Crippen LogP contribution in [0.2, 0.25) is 0 Å². The summed E-state index contributed by atoms with van der Waals surface area (Å²) in [7, 11) is 0. The van der Waals surface area contributed by atoms with Gasteiger partial charge in [0.2, 0.25) is 5.89 Å². The highest BCUT2D eigenvalue weighted by atomic mass is 32.1. The van der Waals surface area contributed by atoms with E-state index in [9.17, 15) is 0 Å². The van der Waals surface area contributed by atoms with E-state index in [0.29, 0.717) is 18.4 Å². The molecule has 4 nitrogen and oxygen atoms in total. The van der Waals surface area contributed by atoms with Crippen LogP contribution in [0.15, 0.2) is 76.5 Å². The van der Waals surface area contributed by atoms with Crippen LogP contribution in [0.3, 0.4) is 0 Å². The quantitative estimate of drug-likeness (QED) is 0.513. The Bertz CT molecular complexity index is 900. The molecular formula is C19H14N2O2S. The molecule has 0 bridgehead atoms. The lowest BCUT2D eigenvalue weighted by Crippen LogP contribution is -1.94. The highest BCUT2D eigenvalue weighted by Gasteiger charge is 2.11. The Morgan fingerprint density at radius 3 is 2.38 bits per heavy atom. The van der Waals surface area contributed by atoms with Crippen molar-refractivity contribution >= 4 is 11.3 Å². The second kappa shape index (κ2) is 6.68. The van der Waals surface area contributed by atoms with Crippen LogP contribution in [0, 0.1) is 0 Å². The van der Waals surface area contributed by atoms with Crippen molar-refractivity contribution < 1.29 is 9.15 Å². The van der Waals surface area contributed by atoms with Gasteiger partial charge in [-0.15, -0.1) is 21.5 Å². The molecule has 2 aromatic carbocycles. The van der Waals surface area contributed by atoms with Crippen LogP contribution in [0.5, 0.6) is 5.75 Å². The summed E-state index contributed by atoms with van der Waals surface area (Å²) in [4.78, 5) is 0.969. The Hall–Kier alpha value is -2.92. The summed E-state index contributed by atoms with van der Waals surface area (Å²) in [5.74, 6) is 1.86. The fraction of sp³-hybridized carbons (Fsp3) is 0.0526. The summed E-state index contributed by atoms with van der Waals surface area (Å²) in [5.41, 5.74) is 2.01. The zero-order chi connectivity index (χ0) is 16.2. The van der Waals surface area contributed by atoms with Crippen LogP contribution >= 0.6 is 11.3 Å². The molecular weight excluding hydrogens is 320 g/mol. The first-order valence-electron chi connectivity index (χ1n) is 7.53. The average Bonchev–Trinajstić information content (AvgIpc) is 3.33. The molecule has 5 heteroatoms. The summed E-state index contributed by atoms with van der Waals surface area (Å²) in [6.45, 7) is 0.545. The predicted molar refractivity (Wildman–Crippen MR) is 93.8 cm³/mol. The Morgan fingerprint density at radius 1 is 0.833 bits per heavy atom. The first kappa shape index (κ1) is 14.7. The van der Waals surface area contributed by atoms with Crippen molar-refractivity contribution in [3.8, 4) is 28.0 Å². The first-order valence-corrected chi connectivity index (χ1v) is 8.41. The van der Waals surface area contributed by atoms with Crippen molar-refractivity contribution in [2.24, 2.45) is 0 Å². The van der Waals surface area contributed by atoms with Gasteiger partial charge in [-0.3, -0.25) is 0 Å². The summed E-state index contributed by atoms with van der Waals surface area (Å²) >= 11 is 1.58. The highest BCUT2D eigenvalue weighted by Crippen LogP contribution is 2.27. The van der Waals surface area contributed by atoms with Crippen LogP contribution < -0.4 is 4.74 Å². The molecule has 24 heavy (non-hydrogen) atoms. The van der Waals surface area contributed by atoms with Gasteiger partial charge in [-0.2, -0.15) is 0 Å². The molecule has 2 aromatic heterocycles. The molecule has 0 unspecified atom stereocenters. The molecule has 0 saturated heterocycles. The number of thiophene rings is 1. The maximum absolute atomic E-state index is 5.78. The summed E-state index contributed by atoms with van der Waals surface area (Å²) < 4.78 is 11.5. The van der Waals surface area contributed by atoms with Gasteiger partial charge in [-0.05, 0) is 41.3 Å². The van der Waals surface area contributed by atoms with Crippen molar-refractivity contribution in [3.63, 3.8) is 0 Å². The van der Waals surface area contributed by atoms with E-state index in [1.54, 1.807) is 11.3 Å². The van der Waals surface area contributed by atoms with E-state index in [-0.39, 0.29) is 0 Å². The fourth-order valence-electron chi connectivity index (χ4n) is 2.27. The highest BCUT2D eigenvalue weighted by molar-refractivity contribution is 7.13. The minimum Gasteiger partial charge on any atom is -0.489 e. The lowest BCUT2D eigenvalue weighted by atomic mass is 10.2. The Balaban J connectivity index is 1.46. The zero-order valence-corrected chi connectivity index (χ0v) is 13.6. The molecule has 0 N–H and O–H groups in total. The third-order valence-electron chi connectivity index (χ3n) is 3.51. The van der Waals surface area contributed by atoms with Gasteiger partial charge in [0.1, 0.15) is 12.4 Å². The minimum atomic E-state index is 0.507. The van der Waals surface area contributed by atoms with Gasteiger partial charge in [0.05, 0.1) is 4.88 Å². The van der Waals surface area contributed by atoms with E-state index in [2.05, 4.69) is 10.2 Å².